The Morgan fingerprint density at radius 3 is 2.94 bits per heavy atom. The van der Waals surface area contributed by atoms with E-state index in [9.17, 15) is 4.79 Å². The molecule has 3 nitrogen and oxygen atoms in total. The first-order valence-corrected chi connectivity index (χ1v) is 6.25. The lowest BCUT2D eigenvalue weighted by molar-refractivity contribution is 0.110. The van der Waals surface area contributed by atoms with Gasteiger partial charge in [0.2, 0.25) is 0 Å². The minimum Gasteiger partial charge on any atom is -0.453 e. The van der Waals surface area contributed by atoms with Crippen molar-refractivity contribution in [3.63, 3.8) is 0 Å². The Bertz CT molecular complexity index is 553. The molecular formula is C15H15NO2. The smallest absolute Gasteiger partial charge is 0.185 e. The minimum absolute atomic E-state index is 0.370. The number of carbonyl (C=O) groups is 1. The van der Waals surface area contributed by atoms with E-state index in [1.165, 1.54) is 18.4 Å². The molecule has 1 aromatic heterocycles. The number of benzene rings is 1. The summed E-state index contributed by atoms with van der Waals surface area (Å²) in [6, 6.07) is 12.3. The van der Waals surface area contributed by atoms with Crippen LogP contribution in [0.4, 0.5) is 0 Å². The predicted octanol–water partition coefficient (Wildman–Crippen LogP) is 3.18. The van der Waals surface area contributed by atoms with Crippen molar-refractivity contribution < 1.29 is 9.21 Å². The van der Waals surface area contributed by atoms with Crippen LogP contribution in [0.15, 0.2) is 40.8 Å². The second-order valence-electron chi connectivity index (χ2n) is 4.59. The van der Waals surface area contributed by atoms with Gasteiger partial charge in [-0.05, 0) is 43.1 Å². The number of hydrogen-bond donors (Lipinski definition) is 1. The lowest BCUT2D eigenvalue weighted by Crippen LogP contribution is -2.12. The Morgan fingerprint density at radius 1 is 1.28 bits per heavy atom. The summed E-state index contributed by atoms with van der Waals surface area (Å²) in [5, 5.41) is 3.48. The number of hydrogen-bond acceptors (Lipinski definition) is 3. The summed E-state index contributed by atoms with van der Waals surface area (Å²) in [6.45, 7) is 1.09. The Labute approximate surface area is 106 Å². The van der Waals surface area contributed by atoms with E-state index >= 15 is 0 Å². The molecule has 3 rings (SSSR count). The monoisotopic (exact) mass is 241 g/mol. The van der Waals surface area contributed by atoms with Crippen molar-refractivity contribution in [2.45, 2.75) is 18.9 Å². The molecule has 0 radical (unpaired) electrons. The predicted molar refractivity (Wildman–Crippen MR) is 69.5 cm³/mol. The van der Waals surface area contributed by atoms with Gasteiger partial charge in [0, 0.05) is 11.6 Å². The van der Waals surface area contributed by atoms with Crippen LogP contribution < -0.4 is 5.32 Å². The summed E-state index contributed by atoms with van der Waals surface area (Å²) in [7, 11) is 0. The van der Waals surface area contributed by atoms with Crippen LogP contribution in [-0.4, -0.2) is 12.8 Å². The molecule has 1 N–H and O–H groups in total. The van der Waals surface area contributed by atoms with Gasteiger partial charge in [0.25, 0.3) is 0 Å². The van der Waals surface area contributed by atoms with E-state index in [1.807, 2.05) is 18.2 Å². The molecule has 0 aliphatic carbocycles. The third kappa shape index (κ3) is 2.09. The number of carbonyl (C=O) groups excluding carboxylic acids is 1. The van der Waals surface area contributed by atoms with E-state index in [1.54, 1.807) is 6.07 Å². The summed E-state index contributed by atoms with van der Waals surface area (Å²) in [4.78, 5) is 10.6. The van der Waals surface area contributed by atoms with E-state index in [-0.39, 0.29) is 0 Å². The topological polar surface area (TPSA) is 42.2 Å². The number of rotatable bonds is 3. The molecule has 1 aliphatic heterocycles. The van der Waals surface area contributed by atoms with E-state index in [2.05, 4.69) is 17.4 Å². The van der Waals surface area contributed by atoms with E-state index in [0.717, 1.165) is 24.2 Å². The molecule has 1 saturated heterocycles. The zero-order chi connectivity index (χ0) is 12.4. The second kappa shape index (κ2) is 4.78. The molecule has 1 aliphatic rings. The Morgan fingerprint density at radius 2 is 2.22 bits per heavy atom. The highest BCUT2D eigenvalue weighted by Gasteiger charge is 2.16. The minimum atomic E-state index is 0.370. The summed E-state index contributed by atoms with van der Waals surface area (Å²) >= 11 is 0. The van der Waals surface area contributed by atoms with Crippen molar-refractivity contribution in [2.75, 3.05) is 6.54 Å². The SMILES string of the molecule is O=Cc1ccc(-c2cccc(C3CCCN3)c2)o1. The Kier molecular flexibility index (Phi) is 2.99. The summed E-state index contributed by atoms with van der Waals surface area (Å²) in [5.41, 5.74) is 2.31. The molecular weight excluding hydrogens is 226 g/mol. The first-order valence-electron chi connectivity index (χ1n) is 6.25. The first-order chi connectivity index (χ1) is 8.86. The van der Waals surface area contributed by atoms with Crippen molar-refractivity contribution >= 4 is 6.29 Å². The third-order valence-corrected chi connectivity index (χ3v) is 3.38. The van der Waals surface area contributed by atoms with Crippen molar-refractivity contribution in [3.05, 3.63) is 47.7 Å². The molecule has 1 unspecified atom stereocenters. The van der Waals surface area contributed by atoms with Crippen molar-refractivity contribution in [3.8, 4) is 11.3 Å². The molecule has 2 aromatic rings. The van der Waals surface area contributed by atoms with Gasteiger partial charge in [0.15, 0.2) is 12.0 Å². The molecule has 1 atom stereocenters. The van der Waals surface area contributed by atoms with Gasteiger partial charge in [0.05, 0.1) is 0 Å². The van der Waals surface area contributed by atoms with Gasteiger partial charge in [0.1, 0.15) is 5.76 Å². The largest absolute Gasteiger partial charge is 0.453 e. The molecule has 2 heterocycles. The highest BCUT2D eigenvalue weighted by atomic mass is 16.3. The van der Waals surface area contributed by atoms with Gasteiger partial charge in [-0.3, -0.25) is 4.79 Å². The van der Waals surface area contributed by atoms with Gasteiger partial charge >= 0.3 is 0 Å². The van der Waals surface area contributed by atoms with Crippen molar-refractivity contribution in [2.24, 2.45) is 0 Å². The van der Waals surface area contributed by atoms with Crippen LogP contribution in [0.1, 0.15) is 35.0 Å². The fourth-order valence-electron chi connectivity index (χ4n) is 2.45. The fraction of sp³-hybridized carbons (Fsp3) is 0.267. The molecule has 0 amide bonds. The first kappa shape index (κ1) is 11.2. The highest BCUT2D eigenvalue weighted by molar-refractivity contribution is 5.72. The fourth-order valence-corrected chi connectivity index (χ4v) is 2.45. The summed E-state index contributed by atoms with van der Waals surface area (Å²) in [6.07, 6.45) is 3.14. The summed E-state index contributed by atoms with van der Waals surface area (Å²) in [5.74, 6) is 1.12. The van der Waals surface area contributed by atoms with Gasteiger partial charge in [-0.1, -0.05) is 18.2 Å². The molecule has 18 heavy (non-hydrogen) atoms. The molecule has 0 saturated carbocycles. The van der Waals surface area contributed by atoms with Crippen LogP contribution in [0.2, 0.25) is 0 Å². The average molecular weight is 241 g/mol. The number of aldehydes is 1. The molecule has 92 valence electrons. The molecule has 1 fully saturated rings. The van der Waals surface area contributed by atoms with Crippen LogP contribution in [0.5, 0.6) is 0 Å². The quantitative estimate of drug-likeness (QED) is 0.839. The van der Waals surface area contributed by atoms with E-state index < -0.39 is 0 Å². The number of nitrogens with one attached hydrogen (secondary N) is 1. The molecule has 0 spiro atoms. The standard InChI is InChI=1S/C15H15NO2/c17-10-13-6-7-15(18-13)12-4-1-3-11(9-12)14-5-2-8-16-14/h1,3-4,6-7,9-10,14,16H,2,5,8H2. The zero-order valence-electron chi connectivity index (χ0n) is 10.1. The van der Waals surface area contributed by atoms with Crippen LogP contribution in [0.3, 0.4) is 0 Å². The average Bonchev–Trinajstić information content (AvgIpc) is 3.10. The highest BCUT2D eigenvalue weighted by Crippen LogP contribution is 2.28. The lowest BCUT2D eigenvalue weighted by atomic mass is 10.0. The van der Waals surface area contributed by atoms with Crippen LogP contribution in [-0.2, 0) is 0 Å². The van der Waals surface area contributed by atoms with Crippen molar-refractivity contribution in [1.29, 1.82) is 0 Å². The molecule has 0 bridgehead atoms. The van der Waals surface area contributed by atoms with Crippen LogP contribution in [0, 0.1) is 0 Å². The lowest BCUT2D eigenvalue weighted by Gasteiger charge is -2.11. The van der Waals surface area contributed by atoms with Gasteiger partial charge in [-0.25, -0.2) is 0 Å². The van der Waals surface area contributed by atoms with E-state index in [4.69, 9.17) is 4.42 Å². The second-order valence-corrected chi connectivity index (χ2v) is 4.59. The maximum atomic E-state index is 10.6. The van der Waals surface area contributed by atoms with Gasteiger partial charge in [-0.2, -0.15) is 0 Å². The molecule has 1 aromatic carbocycles. The van der Waals surface area contributed by atoms with Crippen molar-refractivity contribution in [1.82, 2.24) is 5.32 Å². The normalized spacial score (nSPS) is 19.0. The summed E-state index contributed by atoms with van der Waals surface area (Å²) < 4.78 is 5.45. The van der Waals surface area contributed by atoms with Gasteiger partial charge in [-0.15, -0.1) is 0 Å². The maximum absolute atomic E-state index is 10.6. The Balaban J connectivity index is 1.92. The van der Waals surface area contributed by atoms with Gasteiger partial charge < -0.3 is 9.73 Å². The number of furan rings is 1. The Hall–Kier alpha value is -1.87. The zero-order valence-corrected chi connectivity index (χ0v) is 10.1. The van der Waals surface area contributed by atoms with Crippen LogP contribution >= 0.6 is 0 Å². The van der Waals surface area contributed by atoms with E-state index in [0.29, 0.717) is 11.8 Å². The maximum Gasteiger partial charge on any atom is 0.185 e. The van der Waals surface area contributed by atoms with Crippen LogP contribution in [0.25, 0.3) is 11.3 Å². The molecule has 3 heteroatoms. The third-order valence-electron chi connectivity index (χ3n) is 3.38.